The van der Waals surface area contributed by atoms with Gasteiger partial charge in [-0.15, -0.1) is 5.92 Å². The molecule has 0 unspecified atom stereocenters. The molecule has 2 aromatic rings. The third-order valence-electron chi connectivity index (χ3n) is 3.97. The summed E-state index contributed by atoms with van der Waals surface area (Å²) in [5.41, 5.74) is 1.51. The minimum Gasteiger partial charge on any atom is -0.342 e. The Morgan fingerprint density at radius 3 is 2.59 bits per heavy atom. The topological polar surface area (TPSA) is 36.8 Å². The maximum Gasteiger partial charge on any atom is 0.416 e. The van der Waals surface area contributed by atoms with Crippen LogP contribution in [0.15, 0.2) is 58.5 Å². The molecule has 0 amide bonds. The highest BCUT2D eigenvalue weighted by Gasteiger charge is 2.32. The molecule has 0 radical (unpaired) electrons. The summed E-state index contributed by atoms with van der Waals surface area (Å²) in [4.78, 5) is 8.93. The third kappa shape index (κ3) is 4.56. The molecule has 0 aliphatic carbocycles. The van der Waals surface area contributed by atoms with Crippen LogP contribution in [-0.4, -0.2) is 24.6 Å². The van der Waals surface area contributed by atoms with Gasteiger partial charge in [-0.25, -0.2) is 0 Å². The monoisotopic (exact) mass is 369 g/mol. The fourth-order valence-electron chi connectivity index (χ4n) is 2.71. The number of aliphatic imine (C=N–C) groups is 2. The molecule has 0 fully saturated rings. The third-order valence-corrected chi connectivity index (χ3v) is 3.97. The van der Waals surface area contributed by atoms with Gasteiger partial charge in [-0.05, 0) is 18.2 Å². The molecule has 3 nitrogen and oxygen atoms in total. The number of rotatable bonds is 2. The minimum absolute atomic E-state index is 0.244. The molecule has 0 saturated heterocycles. The lowest BCUT2D eigenvalue weighted by Crippen LogP contribution is -2.15. The standard InChI is InChI=1S/C21H18F3N3/c1-2-3-7-12-25-19-14-26-20(15-8-5-4-6-9-15)17-13-16(21(22,23)24)10-11-18(17)27-19/h4-6,8-11,13H,2,12,14H2,1H3,(H,25,27). The summed E-state index contributed by atoms with van der Waals surface area (Å²) in [6.07, 6.45) is -3.67. The Balaban J connectivity index is 2.07. The van der Waals surface area contributed by atoms with Gasteiger partial charge in [0.05, 0.1) is 17.8 Å². The highest BCUT2D eigenvalue weighted by Crippen LogP contribution is 2.33. The fraction of sp³-hybridized carbons (Fsp3) is 0.238. The highest BCUT2D eigenvalue weighted by molar-refractivity contribution is 6.19. The molecule has 2 aromatic carbocycles. The van der Waals surface area contributed by atoms with E-state index in [4.69, 9.17) is 0 Å². The molecule has 0 spiro atoms. The van der Waals surface area contributed by atoms with Crippen molar-refractivity contribution < 1.29 is 13.2 Å². The van der Waals surface area contributed by atoms with E-state index in [9.17, 15) is 13.2 Å². The quantitative estimate of drug-likeness (QED) is 0.760. The lowest BCUT2D eigenvalue weighted by Gasteiger charge is -2.14. The van der Waals surface area contributed by atoms with Crippen molar-refractivity contribution in [2.75, 3.05) is 18.4 Å². The first-order valence-corrected chi connectivity index (χ1v) is 8.56. The van der Waals surface area contributed by atoms with E-state index in [0.717, 1.165) is 24.1 Å². The summed E-state index contributed by atoms with van der Waals surface area (Å²) < 4.78 is 39.6. The second kappa shape index (κ2) is 8.09. The van der Waals surface area contributed by atoms with E-state index in [1.54, 1.807) is 0 Å². The van der Waals surface area contributed by atoms with Crippen molar-refractivity contribution in [1.82, 2.24) is 0 Å². The van der Waals surface area contributed by atoms with Crippen molar-refractivity contribution in [2.24, 2.45) is 9.98 Å². The van der Waals surface area contributed by atoms with Gasteiger partial charge in [0.2, 0.25) is 0 Å². The van der Waals surface area contributed by atoms with E-state index < -0.39 is 11.7 Å². The highest BCUT2D eigenvalue weighted by atomic mass is 19.4. The molecule has 6 heteroatoms. The van der Waals surface area contributed by atoms with Gasteiger partial charge in [0.25, 0.3) is 0 Å². The zero-order valence-electron chi connectivity index (χ0n) is 14.8. The number of benzodiazepines with no additional fused rings is 1. The van der Waals surface area contributed by atoms with E-state index in [0.29, 0.717) is 29.3 Å². The van der Waals surface area contributed by atoms with Crippen molar-refractivity contribution in [2.45, 2.75) is 19.5 Å². The summed E-state index contributed by atoms with van der Waals surface area (Å²) in [5, 5.41) is 3.12. The average Bonchev–Trinajstić information content (AvgIpc) is 2.84. The van der Waals surface area contributed by atoms with Crippen LogP contribution < -0.4 is 5.32 Å². The van der Waals surface area contributed by atoms with E-state index >= 15 is 0 Å². The molecule has 0 atom stereocenters. The van der Waals surface area contributed by atoms with Crippen molar-refractivity contribution in [1.29, 1.82) is 0 Å². The molecular weight excluding hydrogens is 351 g/mol. The fourth-order valence-corrected chi connectivity index (χ4v) is 2.71. The largest absolute Gasteiger partial charge is 0.416 e. The van der Waals surface area contributed by atoms with Crippen molar-refractivity contribution >= 4 is 17.2 Å². The van der Waals surface area contributed by atoms with Gasteiger partial charge in [-0.3, -0.25) is 9.98 Å². The molecule has 1 N–H and O–H groups in total. The first-order chi connectivity index (χ1) is 13.0. The van der Waals surface area contributed by atoms with Gasteiger partial charge in [0.1, 0.15) is 12.4 Å². The van der Waals surface area contributed by atoms with E-state index in [1.165, 1.54) is 6.07 Å². The Kier molecular flexibility index (Phi) is 5.60. The molecule has 0 saturated carbocycles. The minimum atomic E-state index is -4.42. The average molecular weight is 369 g/mol. The molecule has 1 aliphatic heterocycles. The number of alkyl halides is 3. The smallest absolute Gasteiger partial charge is 0.342 e. The van der Waals surface area contributed by atoms with Gasteiger partial charge >= 0.3 is 6.18 Å². The molecule has 138 valence electrons. The number of anilines is 1. The number of hydrogen-bond acceptors (Lipinski definition) is 2. The number of nitrogens with one attached hydrogen (secondary N) is 1. The maximum absolute atomic E-state index is 13.2. The van der Waals surface area contributed by atoms with Crippen LogP contribution in [0.5, 0.6) is 0 Å². The lowest BCUT2D eigenvalue weighted by molar-refractivity contribution is -0.137. The Morgan fingerprint density at radius 2 is 1.89 bits per heavy atom. The molecule has 1 heterocycles. The van der Waals surface area contributed by atoms with Gasteiger partial charge in [0.15, 0.2) is 0 Å². The van der Waals surface area contributed by atoms with Gasteiger partial charge in [0, 0.05) is 23.2 Å². The molecule has 1 aliphatic rings. The van der Waals surface area contributed by atoms with Crippen molar-refractivity contribution in [3.8, 4) is 11.8 Å². The summed E-state index contributed by atoms with van der Waals surface area (Å²) in [7, 11) is 0. The van der Waals surface area contributed by atoms with Gasteiger partial charge in [-0.2, -0.15) is 13.2 Å². The Hall–Kier alpha value is -3.07. The molecule has 3 rings (SSSR count). The van der Waals surface area contributed by atoms with Crippen LogP contribution in [0.3, 0.4) is 0 Å². The Morgan fingerprint density at radius 1 is 1.11 bits per heavy atom. The van der Waals surface area contributed by atoms with Crippen LogP contribution in [0, 0.1) is 11.8 Å². The van der Waals surface area contributed by atoms with Gasteiger partial charge in [-0.1, -0.05) is 43.2 Å². The summed E-state index contributed by atoms with van der Waals surface area (Å²) in [6, 6.07) is 12.8. The molecule has 0 bridgehead atoms. The lowest BCUT2D eigenvalue weighted by atomic mass is 9.98. The number of halogens is 3. The van der Waals surface area contributed by atoms with Crippen molar-refractivity contribution in [3.63, 3.8) is 0 Å². The summed E-state index contributed by atoms with van der Waals surface area (Å²) >= 11 is 0. The van der Waals surface area contributed by atoms with Crippen LogP contribution in [0.2, 0.25) is 0 Å². The predicted octanol–water partition coefficient (Wildman–Crippen LogP) is 4.78. The van der Waals surface area contributed by atoms with Crippen molar-refractivity contribution in [3.05, 3.63) is 65.2 Å². The number of benzene rings is 2. The van der Waals surface area contributed by atoms with Gasteiger partial charge < -0.3 is 5.32 Å². The van der Waals surface area contributed by atoms with E-state index in [2.05, 4.69) is 27.1 Å². The zero-order valence-corrected chi connectivity index (χ0v) is 14.8. The molecular formula is C21H18F3N3. The number of amidine groups is 1. The number of hydrogen-bond donors (Lipinski definition) is 1. The summed E-state index contributed by atoms with van der Waals surface area (Å²) in [5.74, 6) is 6.44. The first kappa shape index (κ1) is 18.7. The summed E-state index contributed by atoms with van der Waals surface area (Å²) in [6.45, 7) is 2.52. The van der Waals surface area contributed by atoms with Crippen LogP contribution in [-0.2, 0) is 6.18 Å². The van der Waals surface area contributed by atoms with E-state index in [1.807, 2.05) is 37.3 Å². The SMILES string of the molecule is CCC#CCN=C1CN=C(c2ccccc2)c2cc(C(F)(F)F)ccc2N1. The molecule has 0 aromatic heterocycles. The Bertz CT molecular complexity index is 933. The second-order valence-electron chi connectivity index (χ2n) is 5.88. The molecule has 27 heavy (non-hydrogen) atoms. The normalized spacial score (nSPS) is 15.1. The number of nitrogens with zero attached hydrogens (tertiary/aromatic N) is 2. The number of fused-ring (bicyclic) bond motifs is 1. The van der Waals surface area contributed by atoms with Crippen LogP contribution in [0.25, 0.3) is 0 Å². The van der Waals surface area contributed by atoms with Crippen LogP contribution in [0.4, 0.5) is 18.9 Å². The predicted molar refractivity (Wildman–Crippen MR) is 102 cm³/mol. The van der Waals surface area contributed by atoms with Crippen LogP contribution in [0.1, 0.15) is 30.0 Å². The first-order valence-electron chi connectivity index (χ1n) is 8.56. The Labute approximate surface area is 156 Å². The van der Waals surface area contributed by atoms with Crippen LogP contribution >= 0.6 is 0 Å². The zero-order chi connectivity index (χ0) is 19.3. The van der Waals surface area contributed by atoms with E-state index in [-0.39, 0.29) is 6.54 Å². The maximum atomic E-state index is 13.2. The second-order valence-corrected chi connectivity index (χ2v) is 5.88.